The van der Waals surface area contributed by atoms with Crippen LogP contribution >= 0.6 is 79.7 Å². The zero-order valence-corrected chi connectivity index (χ0v) is 43.2. The summed E-state index contributed by atoms with van der Waals surface area (Å²) in [5.41, 5.74) is 4.96. The molecule has 0 bridgehead atoms. The number of carbonyl (C=O) groups excluding carboxylic acids is 4. The van der Waals surface area contributed by atoms with E-state index in [9.17, 15) is 99.4 Å². The number of fused-ring (bicyclic) bond motifs is 2. The molecule has 4 aliphatic rings. The Morgan fingerprint density at radius 3 is 1.15 bits per heavy atom. The van der Waals surface area contributed by atoms with E-state index < -0.39 is 192 Å². The van der Waals surface area contributed by atoms with E-state index in [0.29, 0.717) is 5.75 Å². The Labute approximate surface area is 469 Å². The molecular weight excluding hydrogens is 1310 g/mol. The quantitative estimate of drug-likeness (QED) is 0.0386. The van der Waals surface area contributed by atoms with E-state index in [1.165, 1.54) is 11.8 Å². The average molecular weight is 1330 g/mol. The van der Waals surface area contributed by atoms with Crippen LogP contribution in [0.4, 0.5) is 65.9 Å². The first-order valence-corrected chi connectivity index (χ1v) is 25.3. The number of thioether (sulfide) groups is 2. The Bertz CT molecular complexity index is 2930. The Balaban J connectivity index is 0.000000371. The van der Waals surface area contributed by atoms with E-state index in [0.717, 1.165) is 21.6 Å². The monoisotopic (exact) mass is 1330 g/mol. The molecule has 4 unspecified atom stereocenters. The molecule has 0 spiro atoms. The molecule has 442 valence electrons. The number of carbonyl (C=O) groups is 7. The maximum absolute atomic E-state index is 13.5. The number of rotatable bonds is 12. The van der Waals surface area contributed by atoms with Crippen molar-refractivity contribution in [3.8, 4) is 17.2 Å². The van der Waals surface area contributed by atoms with Gasteiger partial charge >= 0.3 is 17.9 Å². The van der Waals surface area contributed by atoms with Gasteiger partial charge < -0.3 is 40.6 Å². The van der Waals surface area contributed by atoms with Crippen LogP contribution in [0.15, 0.2) is 21.5 Å². The van der Waals surface area contributed by atoms with Gasteiger partial charge in [-0.2, -0.15) is 26.3 Å². The third kappa shape index (κ3) is 16.0. The normalized spacial score (nSPS) is 17.6. The van der Waals surface area contributed by atoms with Gasteiger partial charge in [-0.1, -0.05) is 30.6 Å². The fraction of sp³-hybridized carbons (Fsp3) is 0.256. The highest BCUT2D eigenvalue weighted by atomic mass is 36.0. The highest BCUT2D eigenvalue weighted by Crippen LogP contribution is 2.42. The third-order valence-corrected chi connectivity index (χ3v) is 12.8. The number of hydrogen-bond acceptors (Lipinski definition) is 14. The molecule has 3 aromatic carbocycles. The van der Waals surface area contributed by atoms with Crippen LogP contribution in [-0.4, -0.2) is 124 Å². The topological polar surface area (TPSA) is 269 Å². The second-order valence-electron chi connectivity index (χ2n) is 14.0. The summed E-state index contributed by atoms with van der Waals surface area (Å²) in [4.78, 5) is 79.6. The van der Waals surface area contributed by atoms with Crippen molar-refractivity contribution >= 4 is 130 Å². The summed E-state index contributed by atoms with van der Waals surface area (Å²) in [7, 11) is 7.36. The zero-order valence-electron chi connectivity index (χ0n) is 36.9. The van der Waals surface area contributed by atoms with Gasteiger partial charge in [0.15, 0.2) is 37.1 Å². The molecule has 0 radical (unpaired) electrons. The molecule has 0 aromatic heterocycles. The summed E-state index contributed by atoms with van der Waals surface area (Å²) in [6.45, 7) is -3.40. The smallest absolute Gasteiger partial charge is 0.353 e. The van der Waals surface area contributed by atoms with Gasteiger partial charge in [0.05, 0.1) is 10.1 Å². The largest absolute Gasteiger partial charge is 0.479 e. The van der Waals surface area contributed by atoms with E-state index in [1.54, 1.807) is 0 Å². The van der Waals surface area contributed by atoms with Crippen LogP contribution < -0.4 is 25.3 Å². The molecule has 2 saturated heterocycles. The second-order valence-corrected chi connectivity index (χ2v) is 20.1. The van der Waals surface area contributed by atoms with Crippen molar-refractivity contribution in [3.63, 3.8) is 0 Å². The van der Waals surface area contributed by atoms with E-state index in [-0.39, 0.29) is 40.2 Å². The Kier molecular flexibility index (Phi) is 26.2. The predicted molar refractivity (Wildman–Crippen MR) is 247 cm³/mol. The van der Waals surface area contributed by atoms with Crippen molar-refractivity contribution in [2.24, 2.45) is 5.73 Å². The second kappa shape index (κ2) is 29.8. The molecule has 0 aliphatic carbocycles. The number of amides is 3. The maximum Gasteiger partial charge on any atom is 0.353 e. The highest BCUT2D eigenvalue weighted by Gasteiger charge is 2.54. The Morgan fingerprint density at radius 2 is 0.838 bits per heavy atom. The van der Waals surface area contributed by atoms with Gasteiger partial charge in [0.25, 0.3) is 17.1 Å². The highest BCUT2D eigenvalue weighted by molar-refractivity contribution is 8.26. The summed E-state index contributed by atoms with van der Waals surface area (Å²) in [5.74, 6) is -44.3. The number of carboxylic acids is 3. The third-order valence-electron chi connectivity index (χ3n) is 9.13. The van der Waals surface area contributed by atoms with Crippen molar-refractivity contribution in [2.75, 3.05) is 31.3 Å². The molecule has 18 nitrogen and oxygen atoms in total. The maximum atomic E-state index is 13.5. The minimum absolute atomic E-state index is 0. The van der Waals surface area contributed by atoms with Crippen LogP contribution in [0.3, 0.4) is 0 Å². The fourth-order valence-corrected chi connectivity index (χ4v) is 8.91. The minimum atomic E-state index is -2.38. The molecule has 0 saturated carbocycles. The lowest BCUT2D eigenvalue weighted by atomic mass is 10.1. The van der Waals surface area contributed by atoms with Crippen molar-refractivity contribution in [1.82, 2.24) is 15.1 Å². The van der Waals surface area contributed by atoms with Crippen molar-refractivity contribution in [3.05, 3.63) is 109 Å². The molecule has 4 atom stereocenters. The van der Waals surface area contributed by atoms with Crippen molar-refractivity contribution < 1.29 is 133 Å². The molecule has 41 heteroatoms. The van der Waals surface area contributed by atoms with Crippen LogP contribution in [0.5, 0.6) is 17.2 Å². The standard InChI is InChI=1S/C15H8ClF5N2O5S.C8H2ClF5O2.C8H3F5O3.C7H7ClN2O3S.CH4.Cl2OS/c16-3-2-29-14-10(13(25)23(14)11(3)15(26)27)22-4(24)1-28-12-8(20)6(18)5(17)7(19)9(12)21;9-2(15)1-16-8-6(13)4(11)3(10)5(12)7(8)14;9-3-4(10)6(12)8(7(13)5(3)11)16-1-2(14)15;8-2-1-14-6-3(9)5(11)10(6)4(2)7(12)13;;1-4(2)3/h10,14H,1-2H2,(H,22,24)(H,26,27);1H2;1H2,(H,14,15);3,6H,1,9H2,(H,12,13);1H4;. The van der Waals surface area contributed by atoms with Gasteiger partial charge in [-0.15, -0.1) is 23.5 Å². The number of halogens is 20. The van der Waals surface area contributed by atoms with Gasteiger partial charge in [0, 0.05) is 32.9 Å². The Morgan fingerprint density at radius 1 is 0.550 bits per heavy atom. The van der Waals surface area contributed by atoms with E-state index in [2.05, 4.69) is 40.9 Å². The first-order valence-electron chi connectivity index (χ1n) is 19.3. The number of hydrogen-bond donors (Lipinski definition) is 5. The molecule has 7 rings (SSSR count). The van der Waals surface area contributed by atoms with Crippen LogP contribution in [0.25, 0.3) is 0 Å². The summed E-state index contributed by atoms with van der Waals surface area (Å²) in [6, 6.07) is -1.79. The number of ether oxygens (including phenoxy) is 3. The van der Waals surface area contributed by atoms with Gasteiger partial charge in [-0.05, 0) is 11.6 Å². The molecule has 80 heavy (non-hydrogen) atoms. The van der Waals surface area contributed by atoms with Crippen molar-refractivity contribution in [1.29, 1.82) is 0 Å². The lowest BCUT2D eigenvalue weighted by Gasteiger charge is -2.48. The van der Waals surface area contributed by atoms with Gasteiger partial charge in [-0.3, -0.25) is 29.0 Å². The number of nitrogens with one attached hydrogen (secondary N) is 1. The van der Waals surface area contributed by atoms with Crippen LogP contribution in [0.2, 0.25) is 0 Å². The lowest BCUT2D eigenvalue weighted by Crippen LogP contribution is -2.70. The molecule has 3 aromatic rings. The molecule has 3 amide bonds. The lowest BCUT2D eigenvalue weighted by molar-refractivity contribution is -0.150. The first-order chi connectivity index (χ1) is 36.5. The van der Waals surface area contributed by atoms with Gasteiger partial charge in [-0.25, -0.2) is 58.1 Å². The number of carboxylic acid groups (broad SMARTS) is 3. The number of β-lactam (4-membered cyclic amide) rings is 2. The summed E-state index contributed by atoms with van der Waals surface area (Å²) < 4.78 is 214. The minimum Gasteiger partial charge on any atom is -0.479 e. The van der Waals surface area contributed by atoms with Gasteiger partial charge in [0.2, 0.25) is 102 Å². The number of nitrogens with two attached hydrogens (primary N) is 1. The summed E-state index contributed by atoms with van der Waals surface area (Å²) in [5, 5.41) is 26.2. The summed E-state index contributed by atoms with van der Waals surface area (Å²) >= 11 is 18.7. The van der Waals surface area contributed by atoms with E-state index in [4.69, 9.17) is 60.1 Å². The van der Waals surface area contributed by atoms with Crippen LogP contribution in [0.1, 0.15) is 7.43 Å². The van der Waals surface area contributed by atoms with E-state index in [1.807, 2.05) is 0 Å². The molecule has 4 heterocycles. The first kappa shape index (κ1) is 70.3. The summed E-state index contributed by atoms with van der Waals surface area (Å²) in [6.07, 6.45) is 0. The van der Waals surface area contributed by atoms with Crippen LogP contribution in [-0.2, 0) is 42.8 Å². The number of aliphatic carboxylic acids is 3. The SMILES string of the molecule is C.NC1C(=O)N2C(C(=O)O)=C(Cl)CSC12.O=C(COc1c(F)c(F)c(F)c(F)c1F)NC1C(=O)N2C(C(=O)O)=C(Cl)CSC12.O=C(Cl)COc1c(F)c(F)c(F)c(F)c1F.O=C(O)COc1c(F)c(F)c(F)c(F)c1F.O=S(Cl)Cl. The fourth-order valence-electron chi connectivity index (χ4n) is 5.81. The molecule has 4 aliphatic heterocycles. The van der Waals surface area contributed by atoms with E-state index >= 15 is 0 Å². The van der Waals surface area contributed by atoms with Gasteiger partial charge in [0.1, 0.15) is 34.2 Å². The predicted octanol–water partition coefficient (Wildman–Crippen LogP) is 7.51. The molecule has 2 fully saturated rings. The Hall–Kier alpha value is -5.76. The number of benzene rings is 3. The molecular formula is C39H24Cl5F15N4O14S3. The average Bonchev–Trinajstić information content (AvgIpc) is 3.38. The molecule has 6 N–H and O–H groups in total. The van der Waals surface area contributed by atoms with Crippen LogP contribution in [0, 0.1) is 87.3 Å². The van der Waals surface area contributed by atoms with Crippen molar-refractivity contribution in [2.45, 2.75) is 30.3 Å². The zero-order chi connectivity index (χ0) is 60.6. The number of nitrogens with zero attached hydrogens (tertiary/aromatic N) is 2.